The zero-order valence-electron chi connectivity index (χ0n) is 13.2. The van der Waals surface area contributed by atoms with Crippen molar-refractivity contribution in [2.45, 2.75) is 32.7 Å². The second kappa shape index (κ2) is 6.64. The van der Waals surface area contributed by atoms with Crippen LogP contribution in [-0.2, 0) is 0 Å². The van der Waals surface area contributed by atoms with Crippen LogP contribution in [0.2, 0.25) is 0 Å². The molecular formula is C17H23N5. The molecule has 1 aromatic carbocycles. The quantitative estimate of drug-likeness (QED) is 0.882. The van der Waals surface area contributed by atoms with Gasteiger partial charge in [0.25, 0.3) is 0 Å². The number of hydrogen-bond donors (Lipinski definition) is 2. The van der Waals surface area contributed by atoms with Crippen molar-refractivity contribution >= 4 is 23.0 Å². The first kappa shape index (κ1) is 14.6. The van der Waals surface area contributed by atoms with E-state index < -0.39 is 0 Å². The van der Waals surface area contributed by atoms with E-state index >= 15 is 0 Å². The van der Waals surface area contributed by atoms with E-state index in [1.54, 1.807) is 6.33 Å². The minimum atomic E-state index is 0.350. The molecular weight excluding hydrogens is 274 g/mol. The lowest BCUT2D eigenvalue weighted by atomic mass is 10.2. The van der Waals surface area contributed by atoms with Gasteiger partial charge in [0, 0.05) is 36.6 Å². The van der Waals surface area contributed by atoms with Crippen LogP contribution in [0.15, 0.2) is 36.7 Å². The third kappa shape index (κ3) is 3.67. The third-order valence-corrected chi connectivity index (χ3v) is 3.71. The van der Waals surface area contributed by atoms with Crippen molar-refractivity contribution in [3.8, 4) is 0 Å². The van der Waals surface area contributed by atoms with Gasteiger partial charge in [-0.3, -0.25) is 0 Å². The van der Waals surface area contributed by atoms with E-state index in [4.69, 9.17) is 0 Å². The maximum Gasteiger partial charge on any atom is 0.135 e. The van der Waals surface area contributed by atoms with Crippen LogP contribution in [0.1, 0.15) is 26.7 Å². The third-order valence-electron chi connectivity index (χ3n) is 3.71. The molecule has 0 saturated carbocycles. The van der Waals surface area contributed by atoms with Crippen LogP contribution < -0.4 is 15.5 Å². The highest BCUT2D eigenvalue weighted by molar-refractivity contribution is 5.62. The lowest BCUT2D eigenvalue weighted by molar-refractivity contribution is 0.886. The molecule has 1 fully saturated rings. The SMILES string of the molecule is CC(C)Nc1cc(Nc2ccc(N3CCCC3)cc2)ncn1. The monoisotopic (exact) mass is 297 g/mol. The van der Waals surface area contributed by atoms with Gasteiger partial charge in [0.1, 0.15) is 18.0 Å². The summed E-state index contributed by atoms with van der Waals surface area (Å²) in [6.45, 7) is 6.52. The summed E-state index contributed by atoms with van der Waals surface area (Å²) in [5, 5.41) is 6.61. The van der Waals surface area contributed by atoms with Crippen LogP contribution in [0.4, 0.5) is 23.0 Å². The molecule has 0 radical (unpaired) electrons. The van der Waals surface area contributed by atoms with E-state index in [9.17, 15) is 0 Å². The predicted octanol–water partition coefficient (Wildman–Crippen LogP) is 3.64. The highest BCUT2D eigenvalue weighted by Crippen LogP contribution is 2.23. The lowest BCUT2D eigenvalue weighted by Gasteiger charge is -2.18. The Morgan fingerprint density at radius 3 is 2.36 bits per heavy atom. The zero-order valence-corrected chi connectivity index (χ0v) is 13.2. The number of benzene rings is 1. The number of aromatic nitrogens is 2. The molecule has 0 amide bonds. The van der Waals surface area contributed by atoms with Gasteiger partial charge in [-0.1, -0.05) is 0 Å². The molecule has 22 heavy (non-hydrogen) atoms. The molecule has 1 aromatic heterocycles. The Labute approximate surface area is 131 Å². The molecule has 116 valence electrons. The Kier molecular flexibility index (Phi) is 4.42. The molecule has 0 atom stereocenters. The molecule has 3 rings (SSSR count). The molecule has 2 heterocycles. The Hall–Kier alpha value is -2.30. The topological polar surface area (TPSA) is 53.1 Å². The summed E-state index contributed by atoms with van der Waals surface area (Å²) < 4.78 is 0. The Morgan fingerprint density at radius 1 is 1.00 bits per heavy atom. The second-order valence-electron chi connectivity index (χ2n) is 5.95. The number of nitrogens with one attached hydrogen (secondary N) is 2. The Balaban J connectivity index is 1.67. The number of hydrogen-bond acceptors (Lipinski definition) is 5. The number of rotatable bonds is 5. The van der Waals surface area contributed by atoms with E-state index in [-0.39, 0.29) is 0 Å². The Morgan fingerprint density at radius 2 is 1.68 bits per heavy atom. The smallest absolute Gasteiger partial charge is 0.135 e. The molecule has 1 saturated heterocycles. The van der Waals surface area contributed by atoms with Crippen LogP contribution in [0.25, 0.3) is 0 Å². The largest absolute Gasteiger partial charge is 0.372 e. The first-order chi connectivity index (χ1) is 10.7. The van der Waals surface area contributed by atoms with Gasteiger partial charge in [-0.25, -0.2) is 9.97 Å². The molecule has 0 aliphatic carbocycles. The van der Waals surface area contributed by atoms with E-state index in [0.717, 1.165) is 17.3 Å². The predicted molar refractivity (Wildman–Crippen MR) is 92.0 cm³/mol. The van der Waals surface area contributed by atoms with Crippen molar-refractivity contribution in [1.82, 2.24) is 9.97 Å². The second-order valence-corrected chi connectivity index (χ2v) is 5.95. The summed E-state index contributed by atoms with van der Waals surface area (Å²) in [5.74, 6) is 1.63. The van der Waals surface area contributed by atoms with E-state index in [0.29, 0.717) is 6.04 Å². The highest BCUT2D eigenvalue weighted by Gasteiger charge is 2.11. The van der Waals surface area contributed by atoms with Gasteiger partial charge >= 0.3 is 0 Å². The van der Waals surface area contributed by atoms with E-state index in [1.165, 1.54) is 31.6 Å². The van der Waals surface area contributed by atoms with Gasteiger partial charge in [-0.05, 0) is 51.0 Å². The summed E-state index contributed by atoms with van der Waals surface area (Å²) in [4.78, 5) is 10.9. The van der Waals surface area contributed by atoms with Gasteiger partial charge in [-0.2, -0.15) is 0 Å². The average molecular weight is 297 g/mol. The molecule has 2 N–H and O–H groups in total. The van der Waals surface area contributed by atoms with Gasteiger partial charge in [0.05, 0.1) is 0 Å². The molecule has 1 aliphatic rings. The highest BCUT2D eigenvalue weighted by atomic mass is 15.1. The fourth-order valence-electron chi connectivity index (χ4n) is 2.68. The fraction of sp³-hybridized carbons (Fsp3) is 0.412. The van der Waals surface area contributed by atoms with Crippen LogP contribution in [0.5, 0.6) is 0 Å². The molecule has 1 aliphatic heterocycles. The van der Waals surface area contributed by atoms with Crippen molar-refractivity contribution in [3.63, 3.8) is 0 Å². The first-order valence-electron chi connectivity index (χ1n) is 7.91. The molecule has 0 bridgehead atoms. The van der Waals surface area contributed by atoms with E-state index in [2.05, 4.69) is 63.6 Å². The summed E-state index contributed by atoms with van der Waals surface area (Å²) in [5.41, 5.74) is 2.34. The summed E-state index contributed by atoms with van der Waals surface area (Å²) in [6, 6.07) is 10.8. The van der Waals surface area contributed by atoms with Gasteiger partial charge < -0.3 is 15.5 Å². The molecule has 5 nitrogen and oxygen atoms in total. The van der Waals surface area contributed by atoms with Crippen molar-refractivity contribution < 1.29 is 0 Å². The summed E-state index contributed by atoms with van der Waals surface area (Å²) in [6.07, 6.45) is 4.17. The maximum atomic E-state index is 4.27. The minimum absolute atomic E-state index is 0.350. The van der Waals surface area contributed by atoms with Gasteiger partial charge in [-0.15, -0.1) is 0 Å². The number of nitrogens with zero attached hydrogens (tertiary/aromatic N) is 3. The molecule has 0 spiro atoms. The van der Waals surface area contributed by atoms with Gasteiger partial charge in [0.2, 0.25) is 0 Å². The van der Waals surface area contributed by atoms with Crippen LogP contribution in [0, 0.1) is 0 Å². The van der Waals surface area contributed by atoms with Crippen molar-refractivity contribution in [1.29, 1.82) is 0 Å². The van der Waals surface area contributed by atoms with Crippen LogP contribution in [-0.4, -0.2) is 29.1 Å². The van der Waals surface area contributed by atoms with Crippen molar-refractivity contribution in [2.75, 3.05) is 28.6 Å². The standard InChI is InChI=1S/C17H23N5/c1-13(2)20-16-11-17(19-12-18-16)21-14-5-7-15(8-6-14)22-9-3-4-10-22/h5-8,11-13H,3-4,9-10H2,1-2H3,(H2,18,19,20,21). The Bertz CT molecular complexity index is 603. The van der Waals surface area contributed by atoms with Crippen LogP contribution in [0.3, 0.4) is 0 Å². The van der Waals surface area contributed by atoms with Crippen LogP contribution >= 0.6 is 0 Å². The first-order valence-corrected chi connectivity index (χ1v) is 7.91. The maximum absolute atomic E-state index is 4.27. The van der Waals surface area contributed by atoms with Gasteiger partial charge in [0.15, 0.2) is 0 Å². The normalized spacial score (nSPS) is 14.4. The minimum Gasteiger partial charge on any atom is -0.372 e. The molecule has 5 heteroatoms. The summed E-state index contributed by atoms with van der Waals surface area (Å²) in [7, 11) is 0. The molecule has 0 unspecified atom stereocenters. The van der Waals surface area contributed by atoms with Crippen molar-refractivity contribution in [3.05, 3.63) is 36.7 Å². The van der Waals surface area contributed by atoms with Crippen molar-refractivity contribution in [2.24, 2.45) is 0 Å². The molecule has 2 aromatic rings. The van der Waals surface area contributed by atoms with E-state index in [1.807, 2.05) is 6.07 Å². The fourth-order valence-corrected chi connectivity index (χ4v) is 2.68. The lowest BCUT2D eigenvalue weighted by Crippen LogP contribution is -2.17. The summed E-state index contributed by atoms with van der Waals surface area (Å²) >= 11 is 0. The average Bonchev–Trinajstić information content (AvgIpc) is 3.02. The zero-order chi connectivity index (χ0) is 15.4. The number of anilines is 4.